The van der Waals surface area contributed by atoms with E-state index in [0.29, 0.717) is 0 Å². The largest absolute Gasteiger partial charge is 0.385 e. The molecule has 0 bridgehead atoms. The minimum absolute atomic E-state index is 0.197. The summed E-state index contributed by atoms with van der Waals surface area (Å²) in [4.78, 5) is 18.4. The Balaban J connectivity index is 2.86. The molecule has 1 unspecified atom stereocenters. The summed E-state index contributed by atoms with van der Waals surface area (Å²) in [6.07, 6.45) is 3.20. The lowest BCUT2D eigenvalue weighted by atomic mass is 10.2. The van der Waals surface area contributed by atoms with Gasteiger partial charge in [0.05, 0.1) is 6.20 Å². The third-order valence-electron chi connectivity index (χ3n) is 1.20. The van der Waals surface area contributed by atoms with Crippen LogP contribution in [0.1, 0.15) is 17.4 Å². The summed E-state index contributed by atoms with van der Waals surface area (Å²) in [5, 5.41) is 8.86. The first kappa shape index (κ1) is 7.81. The fourth-order valence-corrected chi connectivity index (χ4v) is 0.640. The molecule has 1 heterocycles. The van der Waals surface area contributed by atoms with Crippen molar-refractivity contribution in [2.24, 2.45) is 0 Å². The molecule has 4 nitrogen and oxygen atoms in total. The van der Waals surface area contributed by atoms with Gasteiger partial charge >= 0.3 is 0 Å². The predicted octanol–water partition coefficient (Wildman–Crippen LogP) is 0.0401. The summed E-state index contributed by atoms with van der Waals surface area (Å²) in [6, 6.07) is 0. The van der Waals surface area contributed by atoms with Crippen molar-refractivity contribution in [1.29, 1.82) is 0 Å². The maximum atomic E-state index is 11.0. The van der Waals surface area contributed by atoms with Crippen LogP contribution in [0.4, 0.5) is 0 Å². The lowest BCUT2D eigenvalue weighted by molar-refractivity contribution is 0.0773. The summed E-state index contributed by atoms with van der Waals surface area (Å²) >= 11 is 0. The molecular formula is C7H8N2O2. The number of aliphatic hydroxyl groups excluding tert-OH is 1. The van der Waals surface area contributed by atoms with Crippen LogP contribution in [0.5, 0.6) is 0 Å². The average molecular weight is 152 g/mol. The second-order valence-corrected chi connectivity index (χ2v) is 2.13. The second kappa shape index (κ2) is 3.21. The first-order chi connectivity index (χ1) is 5.22. The van der Waals surface area contributed by atoms with Crippen molar-refractivity contribution in [3.63, 3.8) is 0 Å². The maximum absolute atomic E-state index is 11.0. The molecule has 1 atom stereocenters. The van der Waals surface area contributed by atoms with Gasteiger partial charge < -0.3 is 5.11 Å². The number of hydrogen-bond acceptors (Lipinski definition) is 4. The molecule has 1 rings (SSSR count). The van der Waals surface area contributed by atoms with Gasteiger partial charge in [-0.2, -0.15) is 0 Å². The molecule has 0 radical (unpaired) electrons. The molecule has 0 aromatic carbocycles. The van der Waals surface area contributed by atoms with Gasteiger partial charge in [0.25, 0.3) is 0 Å². The van der Waals surface area contributed by atoms with Crippen LogP contribution in [0, 0.1) is 0 Å². The number of carbonyl (C=O) groups excluding carboxylic acids is 1. The van der Waals surface area contributed by atoms with Crippen LogP contribution in [0.2, 0.25) is 0 Å². The highest BCUT2D eigenvalue weighted by molar-refractivity contribution is 5.96. The summed E-state index contributed by atoms with van der Waals surface area (Å²) in [7, 11) is 0. The van der Waals surface area contributed by atoms with E-state index in [-0.39, 0.29) is 5.69 Å². The Morgan fingerprint density at radius 1 is 1.64 bits per heavy atom. The van der Waals surface area contributed by atoms with E-state index in [9.17, 15) is 4.79 Å². The van der Waals surface area contributed by atoms with E-state index in [1.54, 1.807) is 0 Å². The molecule has 0 amide bonds. The zero-order valence-corrected chi connectivity index (χ0v) is 6.06. The molecule has 0 saturated heterocycles. The van der Waals surface area contributed by atoms with Gasteiger partial charge in [0, 0.05) is 12.4 Å². The highest BCUT2D eigenvalue weighted by Crippen LogP contribution is 1.96. The van der Waals surface area contributed by atoms with E-state index in [4.69, 9.17) is 5.11 Å². The van der Waals surface area contributed by atoms with Crippen LogP contribution in [-0.4, -0.2) is 27.0 Å². The van der Waals surface area contributed by atoms with Crippen molar-refractivity contribution >= 4 is 5.78 Å². The SMILES string of the molecule is CC(O)C(=O)c1cnccn1. The van der Waals surface area contributed by atoms with Crippen LogP contribution >= 0.6 is 0 Å². The van der Waals surface area contributed by atoms with Crippen LogP contribution in [0.15, 0.2) is 18.6 Å². The average Bonchev–Trinajstić information content (AvgIpc) is 2.05. The number of Topliss-reactive ketones (excluding diaryl/α,β-unsaturated/α-hetero) is 1. The normalized spacial score (nSPS) is 12.5. The summed E-state index contributed by atoms with van der Waals surface area (Å²) in [6.45, 7) is 1.40. The van der Waals surface area contributed by atoms with Crippen LogP contribution in [-0.2, 0) is 0 Å². The third kappa shape index (κ3) is 1.81. The third-order valence-corrected chi connectivity index (χ3v) is 1.20. The molecule has 1 N–H and O–H groups in total. The first-order valence-corrected chi connectivity index (χ1v) is 3.20. The number of aromatic nitrogens is 2. The lowest BCUT2D eigenvalue weighted by Crippen LogP contribution is -2.17. The van der Waals surface area contributed by atoms with Gasteiger partial charge in [-0.25, -0.2) is 4.98 Å². The Morgan fingerprint density at radius 3 is 2.82 bits per heavy atom. The van der Waals surface area contributed by atoms with Crippen molar-refractivity contribution in [3.8, 4) is 0 Å². The second-order valence-electron chi connectivity index (χ2n) is 2.13. The van der Waals surface area contributed by atoms with E-state index < -0.39 is 11.9 Å². The zero-order valence-electron chi connectivity index (χ0n) is 6.06. The Morgan fingerprint density at radius 2 is 2.36 bits per heavy atom. The number of rotatable bonds is 2. The molecule has 0 aliphatic heterocycles. The van der Waals surface area contributed by atoms with Gasteiger partial charge in [0.15, 0.2) is 0 Å². The molecule has 1 aromatic rings. The molecule has 0 aliphatic rings. The molecular weight excluding hydrogens is 144 g/mol. The topological polar surface area (TPSA) is 63.1 Å². The Labute approximate surface area is 63.9 Å². The minimum Gasteiger partial charge on any atom is -0.385 e. The lowest BCUT2D eigenvalue weighted by Gasteiger charge is -1.99. The van der Waals surface area contributed by atoms with E-state index in [1.165, 1.54) is 25.5 Å². The van der Waals surface area contributed by atoms with Crippen molar-refractivity contribution in [1.82, 2.24) is 9.97 Å². The van der Waals surface area contributed by atoms with Gasteiger partial charge in [0.2, 0.25) is 5.78 Å². The Hall–Kier alpha value is -1.29. The van der Waals surface area contributed by atoms with Crippen LogP contribution < -0.4 is 0 Å². The highest BCUT2D eigenvalue weighted by Gasteiger charge is 2.12. The molecule has 0 fully saturated rings. The molecule has 58 valence electrons. The number of carbonyl (C=O) groups is 1. The van der Waals surface area contributed by atoms with E-state index in [2.05, 4.69) is 9.97 Å². The summed E-state index contributed by atoms with van der Waals surface area (Å²) in [5.74, 6) is -0.405. The monoisotopic (exact) mass is 152 g/mol. The van der Waals surface area contributed by atoms with Gasteiger partial charge in [-0.15, -0.1) is 0 Å². The van der Waals surface area contributed by atoms with Crippen molar-refractivity contribution < 1.29 is 9.90 Å². The maximum Gasteiger partial charge on any atom is 0.210 e. The van der Waals surface area contributed by atoms with Crippen molar-refractivity contribution in [3.05, 3.63) is 24.3 Å². The molecule has 0 saturated carbocycles. The smallest absolute Gasteiger partial charge is 0.210 e. The number of ketones is 1. The van der Waals surface area contributed by atoms with Gasteiger partial charge in [-0.05, 0) is 6.92 Å². The van der Waals surface area contributed by atoms with Crippen LogP contribution in [0.3, 0.4) is 0 Å². The standard InChI is InChI=1S/C7H8N2O2/c1-5(10)7(11)6-4-8-2-3-9-6/h2-5,10H,1H3. The fourth-order valence-electron chi connectivity index (χ4n) is 0.640. The molecule has 11 heavy (non-hydrogen) atoms. The highest BCUT2D eigenvalue weighted by atomic mass is 16.3. The zero-order chi connectivity index (χ0) is 8.27. The van der Waals surface area contributed by atoms with Gasteiger partial charge in [0.1, 0.15) is 11.8 Å². The fraction of sp³-hybridized carbons (Fsp3) is 0.286. The number of hydrogen-bond donors (Lipinski definition) is 1. The summed E-state index contributed by atoms with van der Waals surface area (Å²) in [5.41, 5.74) is 0.197. The van der Waals surface area contributed by atoms with Crippen molar-refractivity contribution in [2.45, 2.75) is 13.0 Å². The summed E-state index contributed by atoms with van der Waals surface area (Å²) < 4.78 is 0. The first-order valence-electron chi connectivity index (χ1n) is 3.20. The Kier molecular flexibility index (Phi) is 2.28. The molecule has 0 spiro atoms. The number of aliphatic hydroxyl groups is 1. The minimum atomic E-state index is -1.01. The number of nitrogens with zero attached hydrogens (tertiary/aromatic N) is 2. The van der Waals surface area contributed by atoms with Crippen molar-refractivity contribution in [2.75, 3.05) is 0 Å². The van der Waals surface area contributed by atoms with E-state index in [1.807, 2.05) is 0 Å². The predicted molar refractivity (Wildman–Crippen MR) is 38.0 cm³/mol. The van der Waals surface area contributed by atoms with E-state index in [0.717, 1.165) is 0 Å². The van der Waals surface area contributed by atoms with Crippen LogP contribution in [0.25, 0.3) is 0 Å². The van der Waals surface area contributed by atoms with Gasteiger partial charge in [-0.3, -0.25) is 9.78 Å². The van der Waals surface area contributed by atoms with Gasteiger partial charge in [-0.1, -0.05) is 0 Å². The quantitative estimate of drug-likeness (QED) is 0.608. The Bertz CT molecular complexity index is 246. The molecule has 4 heteroatoms. The molecule has 1 aromatic heterocycles. The molecule has 0 aliphatic carbocycles. The van der Waals surface area contributed by atoms with E-state index >= 15 is 0 Å².